The van der Waals surface area contributed by atoms with Gasteiger partial charge in [0.15, 0.2) is 11.4 Å². The van der Waals surface area contributed by atoms with Crippen LogP contribution in [0.2, 0.25) is 0 Å². The van der Waals surface area contributed by atoms with Crippen LogP contribution in [0.25, 0.3) is 5.69 Å². The molecule has 9 nitrogen and oxygen atoms in total. The van der Waals surface area contributed by atoms with Gasteiger partial charge in [0, 0.05) is 37.9 Å². The Morgan fingerprint density at radius 2 is 1.71 bits per heavy atom. The number of likely N-dealkylation sites (tertiary alicyclic amines) is 2. The van der Waals surface area contributed by atoms with E-state index in [0.717, 1.165) is 36.2 Å². The predicted octanol–water partition coefficient (Wildman–Crippen LogP) is 3.09. The Balaban J connectivity index is 1.09. The Bertz CT molecular complexity index is 1350. The van der Waals surface area contributed by atoms with E-state index in [2.05, 4.69) is 16.0 Å². The highest BCUT2D eigenvalue weighted by molar-refractivity contribution is 5.94. The van der Waals surface area contributed by atoms with E-state index in [1.54, 1.807) is 17.0 Å². The molecule has 2 aromatic heterocycles. The fourth-order valence-electron chi connectivity index (χ4n) is 6.13. The van der Waals surface area contributed by atoms with E-state index in [1.165, 1.54) is 6.26 Å². The zero-order valence-electron chi connectivity index (χ0n) is 21.5. The van der Waals surface area contributed by atoms with Crippen LogP contribution in [0.5, 0.6) is 0 Å². The molecule has 3 aromatic rings. The molecule has 3 aliphatic heterocycles. The number of aromatic nitrogens is 1. The van der Waals surface area contributed by atoms with Gasteiger partial charge in [-0.3, -0.25) is 14.4 Å². The van der Waals surface area contributed by atoms with E-state index in [1.807, 2.05) is 48.4 Å². The van der Waals surface area contributed by atoms with Crippen molar-refractivity contribution >= 4 is 17.7 Å². The van der Waals surface area contributed by atoms with Gasteiger partial charge in [0.25, 0.3) is 11.8 Å². The third-order valence-corrected chi connectivity index (χ3v) is 8.46. The lowest BCUT2D eigenvalue weighted by Gasteiger charge is -2.40. The number of amides is 3. The molecule has 3 amide bonds. The van der Waals surface area contributed by atoms with Crippen LogP contribution in [0.15, 0.2) is 65.4 Å². The highest BCUT2D eigenvalue weighted by Crippen LogP contribution is 2.43. The molecule has 2 fully saturated rings. The van der Waals surface area contributed by atoms with E-state index < -0.39 is 11.5 Å². The van der Waals surface area contributed by atoms with Crippen molar-refractivity contribution < 1.29 is 23.5 Å². The molecule has 5 heterocycles. The zero-order chi connectivity index (χ0) is 26.3. The molecule has 38 heavy (non-hydrogen) atoms. The molecule has 1 atom stereocenters. The lowest BCUT2D eigenvalue weighted by molar-refractivity contribution is -0.159. The molecule has 6 rings (SSSR count). The Morgan fingerprint density at radius 1 is 0.947 bits per heavy atom. The maximum Gasteiger partial charge on any atom is 0.287 e. The van der Waals surface area contributed by atoms with Crippen LogP contribution in [0.3, 0.4) is 0 Å². The fraction of sp³-hybridized carbons (Fsp3) is 0.414. The first-order valence-electron chi connectivity index (χ1n) is 13.2. The van der Waals surface area contributed by atoms with E-state index in [0.29, 0.717) is 32.8 Å². The highest BCUT2D eigenvalue weighted by atomic mass is 16.5. The minimum Gasteiger partial charge on any atom is -0.459 e. The number of ether oxygens (including phenoxy) is 1. The number of rotatable bonds is 4. The summed E-state index contributed by atoms with van der Waals surface area (Å²) in [6, 6.07) is 15.2. The molecule has 0 radical (unpaired) electrons. The van der Waals surface area contributed by atoms with Gasteiger partial charge in [0.1, 0.15) is 0 Å². The number of hydrogen-bond acceptors (Lipinski definition) is 5. The summed E-state index contributed by atoms with van der Waals surface area (Å²) < 4.78 is 13.5. The number of hydrogen-bond donors (Lipinski definition) is 1. The SMILES string of the molecule is CC1(C(=O)N2CCC3(CCN(C(=O)CNC(=O)c4ccco4)CC3)C2)OCc2ccccc2-n2cccc21. The molecule has 9 heteroatoms. The second-order valence-electron chi connectivity index (χ2n) is 10.7. The summed E-state index contributed by atoms with van der Waals surface area (Å²) in [5.41, 5.74) is 1.84. The Morgan fingerprint density at radius 3 is 2.47 bits per heavy atom. The number of carbonyl (C=O) groups excluding carboxylic acids is 3. The van der Waals surface area contributed by atoms with Gasteiger partial charge in [-0.2, -0.15) is 0 Å². The second kappa shape index (κ2) is 9.47. The van der Waals surface area contributed by atoms with E-state index in [9.17, 15) is 14.4 Å². The molecular weight excluding hydrogens is 484 g/mol. The van der Waals surface area contributed by atoms with Gasteiger partial charge < -0.3 is 28.8 Å². The van der Waals surface area contributed by atoms with Gasteiger partial charge in [0.2, 0.25) is 5.91 Å². The summed E-state index contributed by atoms with van der Waals surface area (Å²) in [5, 5.41) is 2.63. The number of para-hydroxylation sites is 1. The third kappa shape index (κ3) is 4.20. The first kappa shape index (κ1) is 24.5. The van der Waals surface area contributed by atoms with Crippen LogP contribution in [-0.2, 0) is 26.5 Å². The van der Waals surface area contributed by atoms with E-state index >= 15 is 0 Å². The third-order valence-electron chi connectivity index (χ3n) is 8.46. The Hall–Kier alpha value is -3.85. The molecule has 1 aromatic carbocycles. The molecule has 2 saturated heterocycles. The Kier molecular flexibility index (Phi) is 6.10. The standard InChI is InChI=1S/C29H32N4O5/c1-28(24-9-4-13-33(24)22-7-3-2-6-21(22)19-38-28)27(36)32-16-12-29(20-32)10-14-31(15-11-29)25(34)18-30-26(35)23-8-5-17-37-23/h2-9,13,17H,10-12,14-16,18-20H2,1H3,(H,30,35). The summed E-state index contributed by atoms with van der Waals surface area (Å²) >= 11 is 0. The number of fused-ring (bicyclic) bond motifs is 3. The molecular formula is C29H32N4O5. The zero-order valence-corrected chi connectivity index (χ0v) is 21.5. The van der Waals surface area contributed by atoms with Gasteiger partial charge >= 0.3 is 0 Å². The second-order valence-corrected chi connectivity index (χ2v) is 10.7. The molecule has 198 valence electrons. The van der Waals surface area contributed by atoms with Crippen LogP contribution in [0.4, 0.5) is 0 Å². The van der Waals surface area contributed by atoms with Crippen molar-refractivity contribution in [2.24, 2.45) is 5.41 Å². The van der Waals surface area contributed by atoms with Crippen LogP contribution >= 0.6 is 0 Å². The topological polar surface area (TPSA) is 97.0 Å². The average molecular weight is 517 g/mol. The van der Waals surface area contributed by atoms with Crippen LogP contribution in [0.1, 0.15) is 48.0 Å². The van der Waals surface area contributed by atoms with Crippen LogP contribution in [-0.4, -0.2) is 64.8 Å². The number of furan rings is 1. The monoisotopic (exact) mass is 516 g/mol. The van der Waals surface area contributed by atoms with E-state index in [4.69, 9.17) is 9.15 Å². The van der Waals surface area contributed by atoms with Crippen molar-refractivity contribution in [1.82, 2.24) is 19.7 Å². The van der Waals surface area contributed by atoms with Gasteiger partial charge in [-0.25, -0.2) is 0 Å². The van der Waals surface area contributed by atoms with Crippen molar-refractivity contribution in [3.05, 3.63) is 78.0 Å². The lowest BCUT2D eigenvalue weighted by Crippen LogP contribution is -2.49. The largest absolute Gasteiger partial charge is 0.459 e. The number of nitrogens with zero attached hydrogens (tertiary/aromatic N) is 3. The molecule has 1 N–H and O–H groups in total. The van der Waals surface area contributed by atoms with Crippen LogP contribution in [0, 0.1) is 5.41 Å². The Labute approximate surface area is 221 Å². The maximum atomic E-state index is 14.0. The quantitative estimate of drug-likeness (QED) is 0.575. The highest BCUT2D eigenvalue weighted by Gasteiger charge is 2.49. The summed E-state index contributed by atoms with van der Waals surface area (Å²) in [7, 11) is 0. The maximum absolute atomic E-state index is 14.0. The predicted molar refractivity (Wildman–Crippen MR) is 138 cm³/mol. The average Bonchev–Trinajstić information content (AvgIpc) is 3.71. The molecule has 1 unspecified atom stereocenters. The van der Waals surface area contributed by atoms with Crippen LogP contribution < -0.4 is 5.32 Å². The summed E-state index contributed by atoms with van der Waals surface area (Å²) in [6.07, 6.45) is 5.98. The first-order valence-corrected chi connectivity index (χ1v) is 13.2. The summed E-state index contributed by atoms with van der Waals surface area (Å²) in [6.45, 7) is 4.76. The van der Waals surface area contributed by atoms with Crippen molar-refractivity contribution in [3.8, 4) is 5.69 Å². The summed E-state index contributed by atoms with van der Waals surface area (Å²) in [4.78, 5) is 42.5. The summed E-state index contributed by atoms with van der Waals surface area (Å²) in [5.74, 6) is -0.328. The molecule has 0 bridgehead atoms. The lowest BCUT2D eigenvalue weighted by atomic mass is 9.77. The minimum absolute atomic E-state index is 0.00406. The normalized spacial score (nSPS) is 22.0. The van der Waals surface area contributed by atoms with Gasteiger partial charge in [-0.05, 0) is 61.9 Å². The first-order chi connectivity index (χ1) is 18.4. The fourth-order valence-corrected chi connectivity index (χ4v) is 6.13. The van der Waals surface area contributed by atoms with Gasteiger partial charge in [-0.15, -0.1) is 0 Å². The van der Waals surface area contributed by atoms with Gasteiger partial charge in [0.05, 0.1) is 30.8 Å². The number of nitrogens with one attached hydrogen (secondary N) is 1. The smallest absolute Gasteiger partial charge is 0.287 e. The molecule has 1 spiro atoms. The number of benzene rings is 1. The van der Waals surface area contributed by atoms with Crippen molar-refractivity contribution in [1.29, 1.82) is 0 Å². The van der Waals surface area contributed by atoms with Crippen molar-refractivity contribution in [2.75, 3.05) is 32.7 Å². The molecule has 3 aliphatic rings. The van der Waals surface area contributed by atoms with Gasteiger partial charge in [-0.1, -0.05) is 18.2 Å². The molecule has 0 saturated carbocycles. The van der Waals surface area contributed by atoms with Crippen molar-refractivity contribution in [2.45, 2.75) is 38.4 Å². The number of piperidine rings is 1. The number of carbonyl (C=O) groups is 3. The minimum atomic E-state index is -1.09. The molecule has 0 aliphatic carbocycles. The van der Waals surface area contributed by atoms with E-state index in [-0.39, 0.29) is 29.5 Å². The van der Waals surface area contributed by atoms with Crippen molar-refractivity contribution in [3.63, 3.8) is 0 Å².